The second-order valence-corrected chi connectivity index (χ2v) is 4.73. The highest BCUT2D eigenvalue weighted by Crippen LogP contribution is 2.19. The van der Waals surface area contributed by atoms with Crippen molar-refractivity contribution in [2.24, 2.45) is 0 Å². The molecule has 0 aliphatic carbocycles. The summed E-state index contributed by atoms with van der Waals surface area (Å²) in [7, 11) is 0. The molecule has 1 aromatic heterocycles. The monoisotopic (exact) mass is 299 g/mol. The molecular weight excluding hydrogens is 288 g/mol. The minimum Gasteiger partial charge on any atom is -0.386 e. The molecule has 0 aliphatic rings. The van der Waals surface area contributed by atoms with Gasteiger partial charge in [-0.25, -0.2) is 8.78 Å². The number of benzene rings is 1. The number of aliphatic hydroxyl groups is 1. The molecule has 0 saturated carbocycles. The number of nitrogens with zero attached hydrogens (tertiary/aromatic N) is 2. The van der Waals surface area contributed by atoms with Crippen LogP contribution in [0.3, 0.4) is 0 Å². The summed E-state index contributed by atoms with van der Waals surface area (Å²) in [6.07, 6.45) is 0.136. The van der Waals surface area contributed by atoms with Crippen molar-refractivity contribution in [3.63, 3.8) is 0 Å². The van der Waals surface area contributed by atoms with Crippen LogP contribution in [-0.2, 0) is 0 Å². The molecule has 2 aromatic rings. The fraction of sp³-hybridized carbons (Fsp3) is 0.250. The Morgan fingerprint density at radius 3 is 2.75 bits per heavy atom. The van der Waals surface area contributed by atoms with E-state index in [4.69, 9.17) is 0 Å². The molecule has 0 fully saturated rings. The van der Waals surface area contributed by atoms with Crippen LogP contribution in [0.25, 0.3) is 0 Å². The van der Waals surface area contributed by atoms with Gasteiger partial charge in [0, 0.05) is 0 Å². The van der Waals surface area contributed by atoms with E-state index in [2.05, 4.69) is 14.1 Å². The number of carbonyl (C=O) groups excluding carboxylic acids is 1. The van der Waals surface area contributed by atoms with Crippen molar-refractivity contribution in [1.29, 1.82) is 0 Å². The maximum absolute atomic E-state index is 13.1. The molecule has 0 aliphatic heterocycles. The van der Waals surface area contributed by atoms with Gasteiger partial charge < -0.3 is 10.4 Å². The van der Waals surface area contributed by atoms with Gasteiger partial charge in [-0.1, -0.05) is 6.07 Å². The maximum atomic E-state index is 13.1. The maximum Gasteiger partial charge on any atom is 0.272 e. The smallest absolute Gasteiger partial charge is 0.272 e. The van der Waals surface area contributed by atoms with Gasteiger partial charge in [0.05, 0.1) is 30.1 Å². The van der Waals surface area contributed by atoms with Gasteiger partial charge in [-0.2, -0.15) is 8.75 Å². The lowest BCUT2D eigenvalue weighted by atomic mass is 10.0. The van der Waals surface area contributed by atoms with Crippen molar-refractivity contribution in [3.8, 4) is 0 Å². The Morgan fingerprint density at radius 2 is 2.15 bits per heavy atom. The number of amides is 1. The van der Waals surface area contributed by atoms with E-state index in [0.29, 0.717) is 0 Å². The Morgan fingerprint density at radius 1 is 1.40 bits per heavy atom. The number of aromatic nitrogens is 2. The van der Waals surface area contributed by atoms with Crippen LogP contribution in [0, 0.1) is 11.6 Å². The largest absolute Gasteiger partial charge is 0.386 e. The van der Waals surface area contributed by atoms with Crippen LogP contribution >= 0.6 is 11.7 Å². The first kappa shape index (κ1) is 14.5. The molecule has 1 aromatic carbocycles. The van der Waals surface area contributed by atoms with Crippen molar-refractivity contribution >= 4 is 17.6 Å². The van der Waals surface area contributed by atoms with E-state index in [-0.39, 0.29) is 11.3 Å². The average molecular weight is 299 g/mol. The molecule has 2 unspecified atom stereocenters. The lowest BCUT2D eigenvalue weighted by molar-refractivity contribution is 0.0847. The Kier molecular flexibility index (Phi) is 4.35. The van der Waals surface area contributed by atoms with Crippen molar-refractivity contribution in [1.82, 2.24) is 14.1 Å². The van der Waals surface area contributed by atoms with Gasteiger partial charge in [-0.05, 0) is 24.6 Å². The van der Waals surface area contributed by atoms with Gasteiger partial charge in [0.25, 0.3) is 5.91 Å². The number of aliphatic hydroxyl groups excluding tert-OH is 1. The highest BCUT2D eigenvalue weighted by Gasteiger charge is 2.21. The summed E-state index contributed by atoms with van der Waals surface area (Å²) in [5, 5.41) is 12.5. The number of hydrogen-bond acceptors (Lipinski definition) is 5. The number of rotatable bonds is 4. The van der Waals surface area contributed by atoms with Gasteiger partial charge >= 0.3 is 0 Å². The summed E-state index contributed by atoms with van der Waals surface area (Å²) in [6.45, 7) is 1.55. The predicted molar refractivity (Wildman–Crippen MR) is 68.2 cm³/mol. The lowest BCUT2D eigenvalue weighted by Crippen LogP contribution is -2.37. The third kappa shape index (κ3) is 3.14. The van der Waals surface area contributed by atoms with E-state index in [0.717, 1.165) is 23.9 Å². The molecule has 0 bridgehead atoms. The van der Waals surface area contributed by atoms with Gasteiger partial charge in [-0.3, -0.25) is 4.79 Å². The molecule has 0 spiro atoms. The van der Waals surface area contributed by atoms with Crippen molar-refractivity contribution in [2.75, 3.05) is 0 Å². The minimum absolute atomic E-state index is 0.138. The standard InChI is InChI=1S/C12H11F2N3O2S/c1-6(16-12(19)10-5-15-20-17-10)11(18)7-2-3-8(13)9(14)4-7/h2-6,11,18H,1H3,(H,16,19). The minimum atomic E-state index is -1.17. The van der Waals surface area contributed by atoms with Crippen LogP contribution in [0.1, 0.15) is 29.1 Å². The summed E-state index contributed by atoms with van der Waals surface area (Å²) in [5.41, 5.74) is 0.312. The Hall–Kier alpha value is -1.93. The van der Waals surface area contributed by atoms with Crippen LogP contribution in [-0.4, -0.2) is 25.8 Å². The topological polar surface area (TPSA) is 75.1 Å². The SMILES string of the molecule is CC(NC(=O)c1cnsn1)C(O)c1ccc(F)c(F)c1. The van der Waals surface area contributed by atoms with Crippen LogP contribution in [0.5, 0.6) is 0 Å². The Labute approximate surface area is 117 Å². The van der Waals surface area contributed by atoms with Crippen LogP contribution < -0.4 is 5.32 Å². The number of carbonyl (C=O) groups is 1. The highest BCUT2D eigenvalue weighted by molar-refractivity contribution is 6.99. The van der Waals surface area contributed by atoms with E-state index >= 15 is 0 Å². The van der Waals surface area contributed by atoms with Crippen LogP contribution in [0.15, 0.2) is 24.4 Å². The fourth-order valence-corrected chi connectivity index (χ4v) is 2.02. The number of halogens is 2. The molecule has 5 nitrogen and oxygen atoms in total. The van der Waals surface area contributed by atoms with Crippen molar-refractivity contribution in [3.05, 3.63) is 47.3 Å². The van der Waals surface area contributed by atoms with Crippen LogP contribution in [0.2, 0.25) is 0 Å². The third-order valence-corrected chi connectivity index (χ3v) is 3.19. The van der Waals surface area contributed by atoms with E-state index in [1.807, 2.05) is 0 Å². The first-order valence-electron chi connectivity index (χ1n) is 5.70. The molecule has 8 heteroatoms. The van der Waals surface area contributed by atoms with Gasteiger partial charge in [0.2, 0.25) is 0 Å². The Balaban J connectivity index is 2.06. The summed E-state index contributed by atoms with van der Waals surface area (Å²) in [5.74, 6) is -2.54. The molecule has 1 heterocycles. The number of hydrogen-bond donors (Lipinski definition) is 2. The van der Waals surface area contributed by atoms with Gasteiger partial charge in [0.15, 0.2) is 17.3 Å². The van der Waals surface area contributed by atoms with E-state index in [1.54, 1.807) is 6.92 Å². The first-order chi connectivity index (χ1) is 9.49. The quantitative estimate of drug-likeness (QED) is 0.900. The molecule has 2 atom stereocenters. The molecule has 1 amide bonds. The zero-order chi connectivity index (χ0) is 14.7. The Bertz CT molecular complexity index is 607. The summed E-state index contributed by atoms with van der Waals surface area (Å²) in [6, 6.07) is 2.38. The second-order valence-electron chi connectivity index (χ2n) is 4.17. The van der Waals surface area contributed by atoms with Gasteiger partial charge in [0.1, 0.15) is 0 Å². The molecular formula is C12H11F2N3O2S. The molecule has 2 N–H and O–H groups in total. The molecule has 20 heavy (non-hydrogen) atoms. The third-order valence-electron chi connectivity index (χ3n) is 2.71. The normalized spacial score (nSPS) is 13.8. The molecule has 0 radical (unpaired) electrons. The zero-order valence-corrected chi connectivity index (χ0v) is 11.2. The molecule has 0 saturated heterocycles. The highest BCUT2D eigenvalue weighted by atomic mass is 32.1. The van der Waals surface area contributed by atoms with Gasteiger partial charge in [-0.15, -0.1) is 0 Å². The predicted octanol–water partition coefficient (Wildman–Crippen LogP) is 1.67. The van der Waals surface area contributed by atoms with E-state index in [1.165, 1.54) is 12.3 Å². The first-order valence-corrected chi connectivity index (χ1v) is 6.43. The average Bonchev–Trinajstić information content (AvgIpc) is 2.95. The lowest BCUT2D eigenvalue weighted by Gasteiger charge is -2.20. The fourth-order valence-electron chi connectivity index (χ4n) is 1.61. The summed E-state index contributed by atoms with van der Waals surface area (Å²) >= 11 is 0.889. The summed E-state index contributed by atoms with van der Waals surface area (Å²) < 4.78 is 33.4. The van der Waals surface area contributed by atoms with Crippen molar-refractivity contribution < 1.29 is 18.7 Å². The molecule has 106 valence electrons. The van der Waals surface area contributed by atoms with Crippen molar-refractivity contribution in [2.45, 2.75) is 19.1 Å². The molecule has 2 rings (SSSR count). The zero-order valence-electron chi connectivity index (χ0n) is 10.4. The van der Waals surface area contributed by atoms with Crippen LogP contribution in [0.4, 0.5) is 8.78 Å². The summed E-state index contributed by atoms with van der Waals surface area (Å²) in [4.78, 5) is 11.7. The number of nitrogens with one attached hydrogen (secondary N) is 1. The van der Waals surface area contributed by atoms with E-state index in [9.17, 15) is 18.7 Å². The second kappa shape index (κ2) is 6.02. The van der Waals surface area contributed by atoms with E-state index < -0.39 is 29.7 Å².